The Morgan fingerprint density at radius 2 is 2.11 bits per heavy atom. The van der Waals surface area contributed by atoms with Crippen molar-refractivity contribution in [3.05, 3.63) is 13.6 Å². The predicted octanol–water partition coefficient (Wildman–Crippen LogP) is 1.78. The fourth-order valence-electron chi connectivity index (χ4n) is 1.22. The van der Waals surface area contributed by atoms with E-state index in [0.717, 1.165) is 0 Å². The SMILES string of the molecule is CC(O)(CNS(=O)(=O)c1cc(Br)sc1Br)CC(=O)O. The van der Waals surface area contributed by atoms with Crippen LogP contribution in [0.5, 0.6) is 0 Å². The predicted molar refractivity (Wildman–Crippen MR) is 77.8 cm³/mol. The fraction of sp³-hybridized carbons (Fsp3) is 0.444. The van der Waals surface area contributed by atoms with Gasteiger partial charge in [-0.05, 0) is 44.8 Å². The van der Waals surface area contributed by atoms with Gasteiger partial charge in [0.15, 0.2) is 0 Å². The highest BCUT2D eigenvalue weighted by atomic mass is 79.9. The first kappa shape index (κ1) is 17.1. The van der Waals surface area contributed by atoms with E-state index < -0.39 is 28.0 Å². The molecular weight excluding hydrogens is 426 g/mol. The number of carboxylic acid groups (broad SMARTS) is 1. The minimum absolute atomic E-state index is 0.0375. The van der Waals surface area contributed by atoms with E-state index in [-0.39, 0.29) is 11.4 Å². The Morgan fingerprint density at radius 3 is 2.53 bits per heavy atom. The Morgan fingerprint density at radius 1 is 1.53 bits per heavy atom. The third-order valence-electron chi connectivity index (χ3n) is 2.09. The molecule has 1 rings (SSSR count). The van der Waals surface area contributed by atoms with Gasteiger partial charge >= 0.3 is 5.97 Å². The van der Waals surface area contributed by atoms with Crippen molar-refractivity contribution in [3.8, 4) is 0 Å². The molecule has 3 N–H and O–H groups in total. The summed E-state index contributed by atoms with van der Waals surface area (Å²) < 4.78 is 27.2. The largest absolute Gasteiger partial charge is 0.481 e. The van der Waals surface area contributed by atoms with Gasteiger partial charge in [0.2, 0.25) is 10.0 Å². The van der Waals surface area contributed by atoms with Gasteiger partial charge in [0.25, 0.3) is 0 Å². The van der Waals surface area contributed by atoms with Crippen LogP contribution in [0.25, 0.3) is 0 Å². The van der Waals surface area contributed by atoms with Crippen LogP contribution in [0.4, 0.5) is 0 Å². The second-order valence-electron chi connectivity index (χ2n) is 4.08. The molecule has 1 aromatic heterocycles. The van der Waals surface area contributed by atoms with Gasteiger partial charge in [0.05, 0.1) is 19.6 Å². The lowest BCUT2D eigenvalue weighted by Gasteiger charge is -2.21. The summed E-state index contributed by atoms with van der Waals surface area (Å²) in [5.41, 5.74) is -1.65. The zero-order chi connectivity index (χ0) is 14.8. The Bertz CT molecular complexity index is 581. The molecule has 0 aliphatic heterocycles. The molecule has 1 aromatic rings. The maximum atomic E-state index is 12.0. The lowest BCUT2D eigenvalue weighted by Crippen LogP contribution is -2.42. The molecule has 0 aromatic carbocycles. The number of aliphatic hydroxyl groups is 1. The summed E-state index contributed by atoms with van der Waals surface area (Å²) in [5, 5.41) is 18.3. The van der Waals surface area contributed by atoms with Crippen molar-refractivity contribution >= 4 is 59.2 Å². The zero-order valence-corrected chi connectivity index (χ0v) is 14.5. The molecule has 0 radical (unpaired) electrons. The van der Waals surface area contributed by atoms with Gasteiger partial charge in [-0.15, -0.1) is 11.3 Å². The average Bonchev–Trinajstić information content (AvgIpc) is 2.54. The first-order valence-electron chi connectivity index (χ1n) is 4.92. The van der Waals surface area contributed by atoms with E-state index in [2.05, 4.69) is 36.6 Å². The van der Waals surface area contributed by atoms with Crippen LogP contribution >= 0.6 is 43.2 Å². The van der Waals surface area contributed by atoms with Crippen molar-refractivity contribution in [2.45, 2.75) is 23.8 Å². The monoisotopic (exact) mass is 435 g/mol. The van der Waals surface area contributed by atoms with Gasteiger partial charge in [-0.2, -0.15) is 0 Å². The van der Waals surface area contributed by atoms with Crippen molar-refractivity contribution < 1.29 is 23.4 Å². The number of halogens is 2. The van der Waals surface area contributed by atoms with Crippen molar-refractivity contribution in [2.75, 3.05) is 6.54 Å². The molecule has 0 saturated heterocycles. The minimum Gasteiger partial charge on any atom is -0.481 e. The smallest absolute Gasteiger partial charge is 0.306 e. The van der Waals surface area contributed by atoms with Crippen LogP contribution in [0.2, 0.25) is 0 Å². The maximum absolute atomic E-state index is 12.0. The molecule has 6 nitrogen and oxygen atoms in total. The number of rotatable bonds is 6. The highest BCUT2D eigenvalue weighted by molar-refractivity contribution is 9.12. The van der Waals surface area contributed by atoms with Crippen molar-refractivity contribution in [1.29, 1.82) is 0 Å². The molecule has 10 heteroatoms. The molecule has 19 heavy (non-hydrogen) atoms. The Labute approximate surface area is 131 Å². The molecule has 0 saturated carbocycles. The quantitative estimate of drug-likeness (QED) is 0.630. The highest BCUT2D eigenvalue weighted by Gasteiger charge is 2.28. The number of aliphatic carboxylic acids is 1. The van der Waals surface area contributed by atoms with Crippen LogP contribution in [0.1, 0.15) is 13.3 Å². The summed E-state index contributed by atoms with van der Waals surface area (Å²) in [6.45, 7) is 0.865. The van der Waals surface area contributed by atoms with Crippen LogP contribution in [0.15, 0.2) is 18.5 Å². The molecule has 1 atom stereocenters. The van der Waals surface area contributed by atoms with Gasteiger partial charge in [0.1, 0.15) is 4.90 Å². The number of carboxylic acids is 1. The molecule has 0 aliphatic rings. The van der Waals surface area contributed by atoms with E-state index in [1.807, 2.05) is 0 Å². The zero-order valence-electron chi connectivity index (χ0n) is 9.68. The molecular formula is C9H11Br2NO5S2. The Hall–Kier alpha value is -0.000000000000000111. The van der Waals surface area contributed by atoms with Crippen LogP contribution in [-0.4, -0.2) is 36.7 Å². The second-order valence-corrected chi connectivity index (χ2v) is 9.57. The van der Waals surface area contributed by atoms with Gasteiger partial charge in [-0.25, -0.2) is 13.1 Å². The number of nitrogens with one attached hydrogen (secondary N) is 1. The second kappa shape index (κ2) is 6.19. The lowest BCUT2D eigenvalue weighted by atomic mass is 10.0. The third-order valence-corrected chi connectivity index (χ3v) is 6.25. The van der Waals surface area contributed by atoms with Crippen LogP contribution in [0.3, 0.4) is 0 Å². The normalized spacial score (nSPS) is 15.2. The number of thiophene rings is 1. The van der Waals surface area contributed by atoms with Crippen molar-refractivity contribution in [2.24, 2.45) is 0 Å². The average molecular weight is 437 g/mol. The van der Waals surface area contributed by atoms with Gasteiger partial charge < -0.3 is 10.2 Å². The molecule has 0 fully saturated rings. The van der Waals surface area contributed by atoms with E-state index >= 15 is 0 Å². The summed E-state index contributed by atoms with van der Waals surface area (Å²) >= 11 is 7.49. The standard InChI is InChI=1S/C9H11Br2NO5S2/c1-9(15,3-7(13)14)4-12-19(16,17)5-2-6(10)18-8(5)11/h2,12,15H,3-4H2,1H3,(H,13,14). The first-order valence-corrected chi connectivity index (χ1v) is 8.81. The number of sulfonamides is 1. The van der Waals surface area contributed by atoms with Crippen LogP contribution in [-0.2, 0) is 14.8 Å². The van der Waals surface area contributed by atoms with Gasteiger partial charge in [0, 0.05) is 6.54 Å². The fourth-order valence-corrected chi connectivity index (χ4v) is 6.20. The summed E-state index contributed by atoms with van der Waals surface area (Å²) in [4.78, 5) is 10.6. The molecule has 1 unspecified atom stereocenters. The number of hydrogen-bond donors (Lipinski definition) is 3. The summed E-state index contributed by atoms with van der Waals surface area (Å²) in [6.07, 6.45) is -0.552. The number of hydrogen-bond acceptors (Lipinski definition) is 5. The summed E-state index contributed by atoms with van der Waals surface area (Å²) in [6, 6.07) is 1.42. The van der Waals surface area contributed by atoms with Crippen LogP contribution < -0.4 is 4.72 Å². The van der Waals surface area contributed by atoms with E-state index in [1.54, 1.807) is 0 Å². The highest BCUT2D eigenvalue weighted by Crippen LogP contribution is 2.34. The molecule has 1 heterocycles. The third kappa shape index (κ3) is 5.12. The molecule has 0 aliphatic carbocycles. The van der Waals surface area contributed by atoms with E-state index in [9.17, 15) is 18.3 Å². The van der Waals surface area contributed by atoms with E-state index in [1.165, 1.54) is 24.3 Å². The van der Waals surface area contributed by atoms with Crippen molar-refractivity contribution in [1.82, 2.24) is 4.72 Å². The van der Waals surface area contributed by atoms with Crippen LogP contribution in [0, 0.1) is 0 Å². The Balaban J connectivity index is 2.82. The molecule has 0 spiro atoms. The topological polar surface area (TPSA) is 104 Å². The molecule has 0 bridgehead atoms. The minimum atomic E-state index is -3.81. The van der Waals surface area contributed by atoms with Gasteiger partial charge in [-0.1, -0.05) is 0 Å². The lowest BCUT2D eigenvalue weighted by molar-refractivity contribution is -0.141. The summed E-state index contributed by atoms with van der Waals surface area (Å²) in [7, 11) is -3.81. The molecule has 108 valence electrons. The molecule has 0 amide bonds. The van der Waals surface area contributed by atoms with E-state index in [4.69, 9.17) is 5.11 Å². The first-order chi connectivity index (χ1) is 8.53. The number of carbonyl (C=O) groups is 1. The van der Waals surface area contributed by atoms with Crippen molar-refractivity contribution in [3.63, 3.8) is 0 Å². The maximum Gasteiger partial charge on any atom is 0.306 e. The Kier molecular flexibility index (Phi) is 5.55. The summed E-state index contributed by atoms with van der Waals surface area (Å²) in [5.74, 6) is -1.20. The van der Waals surface area contributed by atoms with E-state index in [0.29, 0.717) is 7.57 Å². The van der Waals surface area contributed by atoms with Gasteiger partial charge in [-0.3, -0.25) is 4.79 Å².